The van der Waals surface area contributed by atoms with Crippen molar-refractivity contribution in [2.24, 2.45) is 0 Å². The number of amides is 1. The molecule has 2 N–H and O–H groups in total. The minimum absolute atomic E-state index is 0.0379. The number of aromatic hydroxyl groups is 1. The lowest BCUT2D eigenvalue weighted by Crippen LogP contribution is -2.12. The predicted molar refractivity (Wildman–Crippen MR) is 47.5 cm³/mol. The van der Waals surface area contributed by atoms with E-state index in [4.69, 9.17) is 11.6 Å². The van der Waals surface area contributed by atoms with Crippen molar-refractivity contribution in [2.75, 3.05) is 11.2 Å². The molecule has 0 heterocycles. The lowest BCUT2D eigenvalue weighted by Gasteiger charge is -2.03. The van der Waals surface area contributed by atoms with Crippen LogP contribution >= 0.6 is 11.6 Å². The molecule has 0 bridgehead atoms. The number of hydrogen-bond donors (Lipinski definition) is 2. The number of phenols is 1. The lowest BCUT2D eigenvalue weighted by molar-refractivity contribution is -0.113. The first-order valence-corrected chi connectivity index (χ1v) is 3.91. The van der Waals surface area contributed by atoms with Crippen molar-refractivity contribution in [2.45, 2.75) is 0 Å². The Bertz CT molecular complexity index is 288. The lowest BCUT2D eigenvalue weighted by atomic mass is 10.3. The van der Waals surface area contributed by atoms with Crippen molar-refractivity contribution in [3.63, 3.8) is 0 Å². The van der Waals surface area contributed by atoms with Crippen LogP contribution in [0.1, 0.15) is 0 Å². The number of benzene rings is 1. The first-order valence-electron chi connectivity index (χ1n) is 3.38. The number of alkyl halides is 1. The zero-order valence-electron chi connectivity index (χ0n) is 6.25. The molecule has 0 saturated carbocycles. The summed E-state index contributed by atoms with van der Waals surface area (Å²) < 4.78 is 0. The Morgan fingerprint density at radius 2 is 2.17 bits per heavy atom. The third-order valence-electron chi connectivity index (χ3n) is 1.30. The van der Waals surface area contributed by atoms with E-state index in [-0.39, 0.29) is 17.5 Å². The Labute approximate surface area is 75.0 Å². The van der Waals surface area contributed by atoms with Gasteiger partial charge in [-0.25, -0.2) is 0 Å². The van der Waals surface area contributed by atoms with Crippen molar-refractivity contribution in [3.05, 3.63) is 24.3 Å². The predicted octanol–water partition coefficient (Wildman–Crippen LogP) is 1.57. The van der Waals surface area contributed by atoms with E-state index in [1.54, 1.807) is 18.2 Å². The first-order chi connectivity index (χ1) is 5.74. The summed E-state index contributed by atoms with van der Waals surface area (Å²) in [5, 5.41) is 11.6. The molecule has 0 spiro atoms. The number of nitrogens with one attached hydrogen (secondary N) is 1. The second-order valence-corrected chi connectivity index (χ2v) is 2.47. The summed E-state index contributed by atoms with van der Waals surface area (Å²) in [7, 11) is 0. The van der Waals surface area contributed by atoms with Gasteiger partial charge in [0.05, 0.1) is 5.69 Å². The largest absolute Gasteiger partial charge is 0.506 e. The fraction of sp³-hybridized carbons (Fsp3) is 0.125. The minimum Gasteiger partial charge on any atom is -0.506 e. The van der Waals surface area contributed by atoms with E-state index >= 15 is 0 Å². The van der Waals surface area contributed by atoms with Gasteiger partial charge in [0, 0.05) is 0 Å². The molecular formula is C8H8ClNO2. The second-order valence-electron chi connectivity index (χ2n) is 2.20. The van der Waals surface area contributed by atoms with Crippen LogP contribution in [0, 0.1) is 0 Å². The molecule has 1 aromatic rings. The smallest absolute Gasteiger partial charge is 0.239 e. The van der Waals surface area contributed by atoms with Crippen LogP contribution in [0.5, 0.6) is 5.75 Å². The van der Waals surface area contributed by atoms with Gasteiger partial charge in [-0.2, -0.15) is 0 Å². The van der Waals surface area contributed by atoms with Gasteiger partial charge in [-0.3, -0.25) is 4.79 Å². The van der Waals surface area contributed by atoms with E-state index in [0.717, 1.165) is 0 Å². The van der Waals surface area contributed by atoms with Crippen LogP contribution in [0.4, 0.5) is 5.69 Å². The average molecular weight is 186 g/mol. The second kappa shape index (κ2) is 3.97. The third kappa shape index (κ3) is 2.13. The molecule has 1 amide bonds. The van der Waals surface area contributed by atoms with Crippen molar-refractivity contribution in [1.82, 2.24) is 0 Å². The topological polar surface area (TPSA) is 49.3 Å². The van der Waals surface area contributed by atoms with Gasteiger partial charge in [-0.1, -0.05) is 12.1 Å². The Morgan fingerprint density at radius 1 is 1.50 bits per heavy atom. The Kier molecular flexibility index (Phi) is 2.94. The highest BCUT2D eigenvalue weighted by atomic mass is 35.5. The highest BCUT2D eigenvalue weighted by Crippen LogP contribution is 2.21. The zero-order chi connectivity index (χ0) is 8.97. The molecule has 0 aromatic heterocycles. The molecule has 0 aliphatic rings. The summed E-state index contributed by atoms with van der Waals surface area (Å²) in [5.41, 5.74) is 0.378. The van der Waals surface area contributed by atoms with Gasteiger partial charge in [0.2, 0.25) is 5.91 Å². The molecule has 0 aliphatic carbocycles. The van der Waals surface area contributed by atoms with Crippen LogP contribution in [-0.2, 0) is 4.79 Å². The summed E-state index contributed by atoms with van der Waals surface area (Å²) in [6.45, 7) is 0. The Balaban J connectivity index is 2.75. The van der Waals surface area contributed by atoms with Crippen molar-refractivity contribution in [3.8, 4) is 5.75 Å². The normalized spacial score (nSPS) is 9.42. The van der Waals surface area contributed by atoms with E-state index in [0.29, 0.717) is 5.69 Å². The molecule has 3 nitrogen and oxygen atoms in total. The average Bonchev–Trinajstić information content (AvgIpc) is 2.09. The van der Waals surface area contributed by atoms with Crippen LogP contribution < -0.4 is 5.32 Å². The molecule has 0 fully saturated rings. The Morgan fingerprint density at radius 3 is 2.75 bits per heavy atom. The van der Waals surface area contributed by atoms with Crippen LogP contribution in [0.2, 0.25) is 0 Å². The summed E-state index contributed by atoms with van der Waals surface area (Å²) in [6.07, 6.45) is 0. The molecule has 64 valence electrons. The monoisotopic (exact) mass is 185 g/mol. The maximum Gasteiger partial charge on any atom is 0.239 e. The van der Waals surface area contributed by atoms with Crippen LogP contribution in [0.25, 0.3) is 0 Å². The third-order valence-corrected chi connectivity index (χ3v) is 1.54. The minimum atomic E-state index is -0.335. The SMILES string of the molecule is O=C(CCl)Nc1ccccc1O. The summed E-state index contributed by atoms with van der Waals surface area (Å²) in [6, 6.07) is 6.47. The van der Waals surface area contributed by atoms with E-state index in [9.17, 15) is 9.90 Å². The van der Waals surface area contributed by atoms with Crippen LogP contribution in [0.3, 0.4) is 0 Å². The standard InChI is InChI=1S/C8H8ClNO2/c9-5-8(12)10-6-3-1-2-4-7(6)11/h1-4,11H,5H2,(H,10,12). The van der Waals surface area contributed by atoms with Gasteiger partial charge < -0.3 is 10.4 Å². The van der Waals surface area contributed by atoms with Crippen molar-refractivity contribution >= 4 is 23.2 Å². The molecule has 0 radical (unpaired) electrons. The summed E-state index contributed by atoms with van der Waals surface area (Å²) in [5.74, 6) is -0.414. The fourth-order valence-electron chi connectivity index (χ4n) is 0.763. The highest BCUT2D eigenvalue weighted by Gasteiger charge is 2.02. The number of halogens is 1. The van der Waals surface area contributed by atoms with Crippen molar-refractivity contribution in [1.29, 1.82) is 0 Å². The Hall–Kier alpha value is -1.22. The fourth-order valence-corrected chi connectivity index (χ4v) is 0.830. The number of anilines is 1. The molecule has 0 unspecified atom stereocenters. The zero-order valence-corrected chi connectivity index (χ0v) is 7.01. The van der Waals surface area contributed by atoms with E-state index in [1.807, 2.05) is 0 Å². The van der Waals surface area contributed by atoms with Gasteiger partial charge in [0.1, 0.15) is 11.6 Å². The first kappa shape index (κ1) is 8.87. The number of rotatable bonds is 2. The number of phenolic OH excluding ortho intramolecular Hbond substituents is 1. The molecule has 0 atom stereocenters. The molecule has 0 saturated heterocycles. The molecule has 4 heteroatoms. The molecule has 1 rings (SSSR count). The number of hydrogen-bond acceptors (Lipinski definition) is 2. The number of para-hydroxylation sites is 2. The van der Waals surface area contributed by atoms with Crippen LogP contribution in [0.15, 0.2) is 24.3 Å². The summed E-state index contributed by atoms with van der Waals surface area (Å²) >= 11 is 5.26. The quantitative estimate of drug-likeness (QED) is 0.543. The van der Waals surface area contributed by atoms with Gasteiger partial charge in [-0.15, -0.1) is 11.6 Å². The summed E-state index contributed by atoms with van der Waals surface area (Å²) in [4.78, 5) is 10.8. The van der Waals surface area contributed by atoms with Gasteiger partial charge in [-0.05, 0) is 12.1 Å². The molecule has 12 heavy (non-hydrogen) atoms. The molecule has 0 aliphatic heterocycles. The van der Waals surface area contributed by atoms with Crippen molar-refractivity contribution < 1.29 is 9.90 Å². The van der Waals surface area contributed by atoms with Gasteiger partial charge in [0.15, 0.2) is 0 Å². The van der Waals surface area contributed by atoms with Gasteiger partial charge in [0.25, 0.3) is 0 Å². The number of carbonyl (C=O) groups excluding carboxylic acids is 1. The van der Waals surface area contributed by atoms with E-state index in [1.165, 1.54) is 6.07 Å². The highest BCUT2D eigenvalue weighted by molar-refractivity contribution is 6.29. The maximum atomic E-state index is 10.8. The van der Waals surface area contributed by atoms with Gasteiger partial charge >= 0.3 is 0 Å². The van der Waals surface area contributed by atoms with E-state index in [2.05, 4.69) is 5.32 Å². The van der Waals surface area contributed by atoms with Crippen LogP contribution in [-0.4, -0.2) is 16.9 Å². The molecular weight excluding hydrogens is 178 g/mol. The molecule has 1 aromatic carbocycles. The number of carbonyl (C=O) groups is 1. The maximum absolute atomic E-state index is 10.8. The van der Waals surface area contributed by atoms with E-state index < -0.39 is 0 Å².